The summed E-state index contributed by atoms with van der Waals surface area (Å²) in [5.41, 5.74) is 0.198. The van der Waals surface area contributed by atoms with Crippen LogP contribution in [0.2, 0.25) is 0 Å². The van der Waals surface area contributed by atoms with Crippen molar-refractivity contribution in [2.24, 2.45) is 5.41 Å². The van der Waals surface area contributed by atoms with Crippen LogP contribution in [0, 0.1) is 5.41 Å². The Morgan fingerprint density at radius 2 is 2.05 bits per heavy atom. The van der Waals surface area contributed by atoms with Crippen molar-refractivity contribution in [2.45, 2.75) is 58.5 Å². The maximum atomic E-state index is 9.35. The second-order valence-electron chi connectivity index (χ2n) is 6.30. The number of nitrogens with one attached hydrogen (secondary N) is 1. The van der Waals surface area contributed by atoms with Gasteiger partial charge in [0.2, 0.25) is 5.88 Å². The van der Waals surface area contributed by atoms with Crippen molar-refractivity contribution in [3.63, 3.8) is 0 Å². The van der Waals surface area contributed by atoms with Gasteiger partial charge in [-0.15, -0.1) is 0 Å². The van der Waals surface area contributed by atoms with Crippen LogP contribution in [0.15, 0.2) is 12.4 Å². The first-order valence-corrected chi connectivity index (χ1v) is 7.97. The molecule has 1 heterocycles. The number of aromatic nitrogens is 2. The van der Waals surface area contributed by atoms with E-state index in [2.05, 4.69) is 15.3 Å². The lowest BCUT2D eigenvalue weighted by Crippen LogP contribution is -2.33. The average molecular weight is 293 g/mol. The Morgan fingerprint density at radius 1 is 1.29 bits per heavy atom. The number of ether oxygens (including phenoxy) is 1. The van der Waals surface area contributed by atoms with Crippen LogP contribution >= 0.6 is 0 Å². The minimum atomic E-state index is 0.0913. The zero-order chi connectivity index (χ0) is 15.1. The van der Waals surface area contributed by atoms with Gasteiger partial charge in [0.05, 0.1) is 18.5 Å². The molecule has 2 rings (SSSR count). The van der Waals surface area contributed by atoms with Crippen LogP contribution in [0.25, 0.3) is 0 Å². The first-order valence-electron chi connectivity index (χ1n) is 7.97. The average Bonchev–Trinajstić information content (AvgIpc) is 2.46. The van der Waals surface area contributed by atoms with Gasteiger partial charge >= 0.3 is 0 Å². The fraction of sp³-hybridized carbons (Fsp3) is 0.750. The molecular weight excluding hydrogens is 266 g/mol. The predicted octanol–water partition coefficient (Wildman–Crippen LogP) is 3.01. The number of hydrogen-bond acceptors (Lipinski definition) is 5. The molecule has 0 radical (unpaired) electrons. The zero-order valence-corrected chi connectivity index (χ0v) is 13.1. The minimum absolute atomic E-state index is 0.0913. The lowest BCUT2D eigenvalue weighted by molar-refractivity contribution is 0.141. The molecule has 1 aliphatic carbocycles. The molecule has 5 nitrogen and oxygen atoms in total. The second-order valence-corrected chi connectivity index (χ2v) is 6.30. The Balaban J connectivity index is 1.97. The molecule has 0 amide bonds. The Hall–Kier alpha value is -1.36. The van der Waals surface area contributed by atoms with Crippen LogP contribution in [0.3, 0.4) is 0 Å². The van der Waals surface area contributed by atoms with Crippen LogP contribution < -0.4 is 10.1 Å². The molecule has 118 valence electrons. The Bertz CT molecular complexity index is 426. The molecule has 1 aromatic rings. The molecule has 1 aromatic heterocycles. The zero-order valence-electron chi connectivity index (χ0n) is 13.1. The summed E-state index contributed by atoms with van der Waals surface area (Å²) < 4.78 is 5.57. The molecule has 5 heteroatoms. The summed E-state index contributed by atoms with van der Waals surface area (Å²) in [6.45, 7) is 5.04. The minimum Gasteiger partial charge on any atom is -0.474 e. The van der Waals surface area contributed by atoms with Crippen LogP contribution in [0.4, 0.5) is 5.82 Å². The van der Waals surface area contributed by atoms with E-state index in [1.54, 1.807) is 12.4 Å². The predicted molar refractivity (Wildman–Crippen MR) is 83.5 cm³/mol. The quantitative estimate of drug-likeness (QED) is 0.809. The Kier molecular flexibility index (Phi) is 5.79. The van der Waals surface area contributed by atoms with Gasteiger partial charge in [0, 0.05) is 13.2 Å². The molecule has 1 fully saturated rings. The first kappa shape index (κ1) is 16.0. The van der Waals surface area contributed by atoms with Crippen LogP contribution in [0.1, 0.15) is 52.4 Å². The number of nitrogens with zero attached hydrogens (tertiary/aromatic N) is 2. The van der Waals surface area contributed by atoms with Gasteiger partial charge in [0.15, 0.2) is 0 Å². The summed E-state index contributed by atoms with van der Waals surface area (Å²) in [7, 11) is 0. The van der Waals surface area contributed by atoms with Crippen molar-refractivity contribution >= 4 is 5.82 Å². The highest BCUT2D eigenvalue weighted by Gasteiger charge is 2.31. The maximum absolute atomic E-state index is 9.35. The third-order valence-corrected chi connectivity index (χ3v) is 4.17. The lowest BCUT2D eigenvalue weighted by Gasteiger charge is -2.37. The van der Waals surface area contributed by atoms with Gasteiger partial charge in [-0.1, -0.05) is 19.3 Å². The van der Waals surface area contributed by atoms with Gasteiger partial charge in [0.25, 0.3) is 0 Å². The van der Waals surface area contributed by atoms with Crippen LogP contribution in [0.5, 0.6) is 5.88 Å². The topological polar surface area (TPSA) is 67.3 Å². The molecule has 0 saturated heterocycles. The van der Waals surface area contributed by atoms with E-state index in [4.69, 9.17) is 4.74 Å². The van der Waals surface area contributed by atoms with Gasteiger partial charge in [-0.25, -0.2) is 0 Å². The molecule has 1 aliphatic rings. The number of anilines is 1. The summed E-state index contributed by atoms with van der Waals surface area (Å²) in [6.07, 6.45) is 10.5. The third-order valence-electron chi connectivity index (χ3n) is 4.17. The summed E-state index contributed by atoms with van der Waals surface area (Å²) >= 11 is 0. The van der Waals surface area contributed by atoms with Gasteiger partial charge in [-0.05, 0) is 38.5 Å². The van der Waals surface area contributed by atoms with Gasteiger partial charge in [-0.3, -0.25) is 4.98 Å². The van der Waals surface area contributed by atoms with E-state index >= 15 is 0 Å². The molecule has 1 saturated carbocycles. The number of aliphatic hydroxyl groups is 1. The maximum Gasteiger partial charge on any atom is 0.234 e. The smallest absolute Gasteiger partial charge is 0.234 e. The van der Waals surface area contributed by atoms with E-state index < -0.39 is 0 Å². The van der Waals surface area contributed by atoms with Crippen LogP contribution in [-0.4, -0.2) is 34.3 Å². The van der Waals surface area contributed by atoms with Crippen molar-refractivity contribution in [1.29, 1.82) is 0 Å². The van der Waals surface area contributed by atoms with E-state index in [0.29, 0.717) is 5.88 Å². The fourth-order valence-electron chi connectivity index (χ4n) is 3.06. The third kappa shape index (κ3) is 4.84. The number of aliphatic hydroxyl groups excluding tert-OH is 1. The highest BCUT2D eigenvalue weighted by molar-refractivity contribution is 5.33. The summed E-state index contributed by atoms with van der Waals surface area (Å²) in [5.74, 6) is 1.30. The van der Waals surface area contributed by atoms with Gasteiger partial charge in [0.1, 0.15) is 5.82 Å². The molecule has 0 bridgehead atoms. The summed E-state index contributed by atoms with van der Waals surface area (Å²) in [5, 5.41) is 12.7. The second kappa shape index (κ2) is 7.59. The van der Waals surface area contributed by atoms with Gasteiger partial charge < -0.3 is 15.2 Å². The van der Waals surface area contributed by atoms with E-state index in [-0.39, 0.29) is 18.1 Å². The molecule has 0 unspecified atom stereocenters. The van der Waals surface area contributed by atoms with Crippen molar-refractivity contribution < 1.29 is 9.84 Å². The molecule has 0 aromatic carbocycles. The largest absolute Gasteiger partial charge is 0.474 e. The summed E-state index contributed by atoms with van der Waals surface area (Å²) in [4.78, 5) is 8.60. The van der Waals surface area contributed by atoms with Crippen molar-refractivity contribution in [3.8, 4) is 5.88 Å². The van der Waals surface area contributed by atoms with E-state index in [0.717, 1.165) is 18.8 Å². The van der Waals surface area contributed by atoms with E-state index in [1.165, 1.54) is 32.1 Å². The van der Waals surface area contributed by atoms with E-state index in [1.807, 2.05) is 13.8 Å². The Morgan fingerprint density at radius 3 is 2.71 bits per heavy atom. The normalized spacial score (nSPS) is 17.7. The monoisotopic (exact) mass is 293 g/mol. The van der Waals surface area contributed by atoms with Crippen LogP contribution in [-0.2, 0) is 0 Å². The fourth-order valence-corrected chi connectivity index (χ4v) is 3.06. The first-order chi connectivity index (χ1) is 10.1. The van der Waals surface area contributed by atoms with Gasteiger partial charge in [-0.2, -0.15) is 4.98 Å². The Labute approximate surface area is 127 Å². The molecular formula is C16H27N3O2. The molecule has 0 aliphatic heterocycles. The standard InChI is InChI=1S/C16H27N3O2/c1-13(2)21-15-11-17-10-14(19-15)18-12-16(8-9-20)6-4-3-5-7-16/h10-11,13,20H,3-9,12H2,1-2H3,(H,18,19). The van der Waals surface area contributed by atoms with E-state index in [9.17, 15) is 5.11 Å². The SMILES string of the molecule is CC(C)Oc1cncc(NCC2(CCO)CCCCC2)n1. The highest BCUT2D eigenvalue weighted by atomic mass is 16.5. The number of rotatable bonds is 7. The van der Waals surface area contributed by atoms with Crippen molar-refractivity contribution in [2.75, 3.05) is 18.5 Å². The lowest BCUT2D eigenvalue weighted by atomic mass is 9.72. The molecule has 0 spiro atoms. The molecule has 21 heavy (non-hydrogen) atoms. The van der Waals surface area contributed by atoms with Crippen molar-refractivity contribution in [1.82, 2.24) is 9.97 Å². The molecule has 0 atom stereocenters. The van der Waals surface area contributed by atoms with Crippen molar-refractivity contribution in [3.05, 3.63) is 12.4 Å². The summed E-state index contributed by atoms with van der Waals surface area (Å²) in [6, 6.07) is 0. The highest BCUT2D eigenvalue weighted by Crippen LogP contribution is 2.39. The molecule has 2 N–H and O–H groups in total. The number of hydrogen-bond donors (Lipinski definition) is 2.